The average Bonchev–Trinajstić information content (AvgIpc) is 2.56. The third-order valence-corrected chi connectivity index (χ3v) is 3.52. The fraction of sp³-hybridized carbons (Fsp3) is 0.353. The quantitative estimate of drug-likeness (QED) is 0.891. The first kappa shape index (κ1) is 15.9. The van der Waals surface area contributed by atoms with Crippen molar-refractivity contribution in [2.45, 2.75) is 27.3 Å². The third-order valence-electron chi connectivity index (χ3n) is 3.52. The molecule has 22 heavy (non-hydrogen) atoms. The molecule has 1 aromatic carbocycles. The van der Waals surface area contributed by atoms with Crippen LogP contribution in [0.1, 0.15) is 35.3 Å². The number of hydrogen-bond acceptors (Lipinski definition) is 4. The van der Waals surface area contributed by atoms with Crippen LogP contribution in [-0.2, 0) is 6.54 Å². The van der Waals surface area contributed by atoms with Gasteiger partial charge in [-0.15, -0.1) is 0 Å². The highest BCUT2D eigenvalue weighted by Crippen LogP contribution is 2.08. The van der Waals surface area contributed by atoms with Crippen LogP contribution in [-0.4, -0.2) is 33.9 Å². The molecular weight excluding hydrogens is 276 g/mol. The summed E-state index contributed by atoms with van der Waals surface area (Å²) in [5.41, 5.74) is 2.92. The molecule has 2 aromatic rings. The lowest BCUT2D eigenvalue weighted by atomic mass is 10.1. The zero-order valence-corrected chi connectivity index (χ0v) is 13.3. The summed E-state index contributed by atoms with van der Waals surface area (Å²) in [6.07, 6.45) is 3.15. The first-order valence-corrected chi connectivity index (χ1v) is 7.54. The van der Waals surface area contributed by atoms with Gasteiger partial charge in [0, 0.05) is 32.0 Å². The molecule has 0 saturated heterocycles. The average molecular weight is 298 g/mol. The highest BCUT2D eigenvalue weighted by molar-refractivity contribution is 5.93. The van der Waals surface area contributed by atoms with E-state index in [-0.39, 0.29) is 5.91 Å². The molecule has 2 rings (SSSR count). The Labute approximate surface area is 131 Å². The Balaban J connectivity index is 1.97. The summed E-state index contributed by atoms with van der Waals surface area (Å²) < 4.78 is 0. The molecule has 0 bridgehead atoms. The minimum Gasteiger partial charge on any atom is -0.350 e. The fourth-order valence-electron chi connectivity index (χ4n) is 2.11. The molecule has 0 saturated carbocycles. The van der Waals surface area contributed by atoms with Crippen LogP contribution in [0.2, 0.25) is 0 Å². The molecule has 1 heterocycles. The molecule has 0 aliphatic heterocycles. The summed E-state index contributed by atoms with van der Waals surface area (Å²) in [6, 6.07) is 8.29. The van der Waals surface area contributed by atoms with E-state index in [9.17, 15) is 4.79 Å². The number of hydrogen-bond donors (Lipinski definition) is 1. The minimum atomic E-state index is -0.0323. The van der Waals surface area contributed by atoms with E-state index >= 15 is 0 Å². The van der Waals surface area contributed by atoms with Gasteiger partial charge >= 0.3 is 0 Å². The first-order chi connectivity index (χ1) is 10.6. The number of anilines is 1. The minimum absolute atomic E-state index is 0.0323. The molecular formula is C17H22N4O. The Bertz CT molecular complexity index is 604. The van der Waals surface area contributed by atoms with E-state index in [1.807, 2.05) is 13.8 Å². The van der Waals surface area contributed by atoms with Crippen LogP contribution in [0, 0.1) is 6.92 Å². The second kappa shape index (κ2) is 7.54. The number of aryl methyl sites for hydroxylation is 1. The highest BCUT2D eigenvalue weighted by atomic mass is 16.2. The van der Waals surface area contributed by atoms with Gasteiger partial charge in [-0.2, -0.15) is 0 Å². The molecule has 116 valence electrons. The topological polar surface area (TPSA) is 58.1 Å². The van der Waals surface area contributed by atoms with E-state index in [0.29, 0.717) is 31.1 Å². The smallest absolute Gasteiger partial charge is 0.256 e. The number of nitrogens with zero attached hydrogens (tertiary/aromatic N) is 3. The van der Waals surface area contributed by atoms with Gasteiger partial charge in [0.25, 0.3) is 5.91 Å². The molecule has 1 aromatic heterocycles. The van der Waals surface area contributed by atoms with Crippen molar-refractivity contribution < 1.29 is 4.79 Å². The summed E-state index contributed by atoms with van der Waals surface area (Å²) >= 11 is 0. The zero-order chi connectivity index (χ0) is 15.9. The van der Waals surface area contributed by atoms with Crippen LogP contribution in [0.25, 0.3) is 0 Å². The monoisotopic (exact) mass is 298 g/mol. The second-order valence-corrected chi connectivity index (χ2v) is 5.11. The van der Waals surface area contributed by atoms with E-state index < -0.39 is 0 Å². The second-order valence-electron chi connectivity index (χ2n) is 5.11. The molecule has 0 atom stereocenters. The van der Waals surface area contributed by atoms with Gasteiger partial charge < -0.3 is 10.2 Å². The number of carbonyl (C=O) groups is 1. The number of nitrogens with one attached hydrogen (secondary N) is 1. The van der Waals surface area contributed by atoms with Crippen LogP contribution in [0.5, 0.6) is 0 Å². The summed E-state index contributed by atoms with van der Waals surface area (Å²) in [5.74, 6) is 0.492. The lowest BCUT2D eigenvalue weighted by molar-refractivity contribution is 0.0772. The summed E-state index contributed by atoms with van der Waals surface area (Å²) in [7, 11) is 0. The van der Waals surface area contributed by atoms with Crippen molar-refractivity contribution in [2.24, 2.45) is 0 Å². The number of aromatic nitrogens is 2. The molecule has 0 aliphatic carbocycles. The molecule has 0 aliphatic rings. The van der Waals surface area contributed by atoms with Gasteiger partial charge in [0.2, 0.25) is 5.95 Å². The van der Waals surface area contributed by atoms with Crippen molar-refractivity contribution in [2.75, 3.05) is 18.4 Å². The maximum absolute atomic E-state index is 12.2. The van der Waals surface area contributed by atoms with Crippen molar-refractivity contribution in [3.63, 3.8) is 0 Å². The van der Waals surface area contributed by atoms with E-state index in [1.54, 1.807) is 17.3 Å². The van der Waals surface area contributed by atoms with Crippen molar-refractivity contribution in [3.8, 4) is 0 Å². The van der Waals surface area contributed by atoms with Crippen LogP contribution < -0.4 is 5.32 Å². The Morgan fingerprint density at radius 2 is 1.68 bits per heavy atom. The Morgan fingerprint density at radius 1 is 1.09 bits per heavy atom. The maximum Gasteiger partial charge on any atom is 0.256 e. The number of rotatable bonds is 6. The lowest BCUT2D eigenvalue weighted by Crippen LogP contribution is -2.30. The number of carbonyl (C=O) groups excluding carboxylic acids is 1. The van der Waals surface area contributed by atoms with Gasteiger partial charge in [0.15, 0.2) is 0 Å². The molecule has 0 spiro atoms. The van der Waals surface area contributed by atoms with Crippen molar-refractivity contribution in [1.82, 2.24) is 14.9 Å². The van der Waals surface area contributed by atoms with E-state index in [1.165, 1.54) is 5.56 Å². The van der Waals surface area contributed by atoms with Crippen LogP contribution >= 0.6 is 0 Å². The van der Waals surface area contributed by atoms with Gasteiger partial charge in [0.05, 0.1) is 5.56 Å². The summed E-state index contributed by atoms with van der Waals surface area (Å²) in [5, 5.41) is 3.16. The highest BCUT2D eigenvalue weighted by Gasteiger charge is 2.13. The van der Waals surface area contributed by atoms with Gasteiger partial charge in [-0.1, -0.05) is 29.8 Å². The van der Waals surface area contributed by atoms with Gasteiger partial charge in [0.1, 0.15) is 0 Å². The third kappa shape index (κ3) is 4.04. The Hall–Kier alpha value is -2.43. The largest absolute Gasteiger partial charge is 0.350 e. The molecule has 5 nitrogen and oxygen atoms in total. The molecule has 0 fully saturated rings. The normalized spacial score (nSPS) is 10.3. The molecule has 5 heteroatoms. The standard InChI is InChI=1S/C17H22N4O/c1-4-21(5-2)16(22)15-11-19-17(20-12-15)18-10-14-8-6-13(3)7-9-14/h6-9,11-12H,4-5,10H2,1-3H3,(H,18,19,20). The van der Waals surface area contributed by atoms with Gasteiger partial charge in [-0.3, -0.25) is 4.79 Å². The molecule has 1 amide bonds. The van der Waals surface area contributed by atoms with Crippen molar-refractivity contribution in [3.05, 3.63) is 53.3 Å². The number of benzene rings is 1. The zero-order valence-electron chi connectivity index (χ0n) is 13.3. The van der Waals surface area contributed by atoms with Gasteiger partial charge in [-0.05, 0) is 26.3 Å². The Kier molecular flexibility index (Phi) is 5.47. The van der Waals surface area contributed by atoms with Crippen molar-refractivity contribution in [1.29, 1.82) is 0 Å². The molecule has 1 N–H and O–H groups in total. The predicted octanol–water partition coefficient (Wildman–Crippen LogP) is 2.88. The van der Waals surface area contributed by atoms with Crippen molar-refractivity contribution >= 4 is 11.9 Å². The van der Waals surface area contributed by atoms with Gasteiger partial charge in [-0.25, -0.2) is 9.97 Å². The van der Waals surface area contributed by atoms with E-state index in [2.05, 4.69) is 46.5 Å². The fourth-order valence-corrected chi connectivity index (χ4v) is 2.11. The van der Waals surface area contributed by atoms with E-state index in [4.69, 9.17) is 0 Å². The predicted molar refractivity (Wildman–Crippen MR) is 87.8 cm³/mol. The van der Waals surface area contributed by atoms with Crippen LogP contribution in [0.4, 0.5) is 5.95 Å². The summed E-state index contributed by atoms with van der Waals surface area (Å²) in [6.45, 7) is 8.00. The Morgan fingerprint density at radius 3 is 2.23 bits per heavy atom. The SMILES string of the molecule is CCN(CC)C(=O)c1cnc(NCc2ccc(C)cc2)nc1. The number of amides is 1. The van der Waals surface area contributed by atoms with Crippen LogP contribution in [0.15, 0.2) is 36.7 Å². The first-order valence-electron chi connectivity index (χ1n) is 7.54. The van der Waals surface area contributed by atoms with E-state index in [0.717, 1.165) is 5.56 Å². The summed E-state index contributed by atoms with van der Waals surface area (Å²) in [4.78, 5) is 22.3. The molecule has 0 unspecified atom stereocenters. The molecule has 0 radical (unpaired) electrons. The van der Waals surface area contributed by atoms with Crippen LogP contribution in [0.3, 0.4) is 0 Å². The lowest BCUT2D eigenvalue weighted by Gasteiger charge is -2.18. The maximum atomic E-state index is 12.2.